The summed E-state index contributed by atoms with van der Waals surface area (Å²) in [6, 6.07) is 5.45. The third-order valence-corrected chi connectivity index (χ3v) is 5.99. The molecule has 1 fully saturated rings. The Morgan fingerprint density at radius 3 is 2.84 bits per heavy atom. The lowest BCUT2D eigenvalue weighted by Gasteiger charge is -2.30. The number of benzene rings is 1. The zero-order valence-corrected chi connectivity index (χ0v) is 15.1. The SMILES string of the molecule is CS(=O)(=O)N1CCCC(C(=O)Nc2ccc3c(c2)CCCC(=O)N3)C1. The lowest BCUT2D eigenvalue weighted by Crippen LogP contribution is -2.43. The van der Waals surface area contributed by atoms with E-state index in [1.54, 1.807) is 12.1 Å². The molecule has 1 aromatic rings. The standard InChI is InChI=1S/C17H23N3O4S/c1-25(23,24)20-9-3-5-13(11-20)17(22)18-14-7-8-15-12(10-14)4-2-6-16(21)19-15/h7-8,10,13H,2-6,9,11H2,1H3,(H,18,22)(H,19,21). The van der Waals surface area contributed by atoms with Crippen LogP contribution in [0.25, 0.3) is 0 Å². The Morgan fingerprint density at radius 2 is 2.08 bits per heavy atom. The van der Waals surface area contributed by atoms with Gasteiger partial charge in [-0.2, -0.15) is 0 Å². The van der Waals surface area contributed by atoms with Gasteiger partial charge in [-0.05, 0) is 49.4 Å². The number of aryl methyl sites for hydroxylation is 1. The molecule has 25 heavy (non-hydrogen) atoms. The summed E-state index contributed by atoms with van der Waals surface area (Å²) in [4.78, 5) is 24.1. The van der Waals surface area contributed by atoms with Crippen molar-refractivity contribution < 1.29 is 18.0 Å². The molecule has 0 saturated carbocycles. The smallest absolute Gasteiger partial charge is 0.228 e. The molecule has 1 unspecified atom stereocenters. The summed E-state index contributed by atoms with van der Waals surface area (Å²) < 4.78 is 24.8. The molecule has 0 bridgehead atoms. The Bertz CT molecular complexity index is 791. The molecule has 2 amide bonds. The van der Waals surface area contributed by atoms with E-state index >= 15 is 0 Å². The van der Waals surface area contributed by atoms with Gasteiger partial charge >= 0.3 is 0 Å². The van der Waals surface area contributed by atoms with E-state index in [1.807, 2.05) is 6.07 Å². The number of anilines is 2. The fourth-order valence-electron chi connectivity index (χ4n) is 3.35. The van der Waals surface area contributed by atoms with Gasteiger partial charge < -0.3 is 10.6 Å². The van der Waals surface area contributed by atoms with E-state index in [-0.39, 0.29) is 24.3 Å². The van der Waals surface area contributed by atoms with Crippen LogP contribution >= 0.6 is 0 Å². The van der Waals surface area contributed by atoms with Gasteiger partial charge in [0, 0.05) is 30.9 Å². The highest BCUT2D eigenvalue weighted by Crippen LogP contribution is 2.26. The molecule has 2 heterocycles. The van der Waals surface area contributed by atoms with Crippen LogP contribution in [0, 0.1) is 5.92 Å². The predicted octanol–water partition coefficient (Wildman–Crippen LogP) is 1.57. The van der Waals surface area contributed by atoms with Gasteiger partial charge in [-0.1, -0.05) is 0 Å². The molecular formula is C17H23N3O4S. The number of hydrogen-bond acceptors (Lipinski definition) is 4. The van der Waals surface area contributed by atoms with Crippen molar-refractivity contribution in [2.24, 2.45) is 5.92 Å². The molecule has 136 valence electrons. The summed E-state index contributed by atoms with van der Waals surface area (Å²) in [6.07, 6.45) is 4.60. The number of rotatable bonds is 3. The molecule has 1 atom stereocenters. The number of piperidine rings is 1. The van der Waals surface area contributed by atoms with E-state index < -0.39 is 10.0 Å². The number of nitrogens with zero attached hydrogens (tertiary/aromatic N) is 1. The fourth-order valence-corrected chi connectivity index (χ4v) is 4.27. The van der Waals surface area contributed by atoms with Gasteiger partial charge in [0.15, 0.2) is 0 Å². The van der Waals surface area contributed by atoms with E-state index in [0.29, 0.717) is 31.5 Å². The van der Waals surface area contributed by atoms with Gasteiger partial charge in [-0.3, -0.25) is 9.59 Å². The zero-order chi connectivity index (χ0) is 18.0. The van der Waals surface area contributed by atoms with E-state index in [1.165, 1.54) is 10.6 Å². The van der Waals surface area contributed by atoms with Crippen LogP contribution in [0.1, 0.15) is 31.2 Å². The fraction of sp³-hybridized carbons (Fsp3) is 0.529. The summed E-state index contributed by atoms with van der Waals surface area (Å²) in [5.41, 5.74) is 2.47. The van der Waals surface area contributed by atoms with Gasteiger partial charge in [-0.15, -0.1) is 0 Å². The molecule has 2 aliphatic rings. The molecular weight excluding hydrogens is 342 g/mol. The van der Waals surface area contributed by atoms with Crippen LogP contribution in [0.2, 0.25) is 0 Å². The normalized spacial score (nSPS) is 21.8. The Balaban J connectivity index is 1.69. The number of hydrogen-bond donors (Lipinski definition) is 2. The Labute approximate surface area is 147 Å². The molecule has 7 nitrogen and oxygen atoms in total. The van der Waals surface area contributed by atoms with Crippen molar-refractivity contribution in [1.82, 2.24) is 4.31 Å². The van der Waals surface area contributed by atoms with Crippen molar-refractivity contribution >= 4 is 33.2 Å². The highest BCUT2D eigenvalue weighted by atomic mass is 32.2. The predicted molar refractivity (Wildman–Crippen MR) is 95.8 cm³/mol. The number of nitrogens with one attached hydrogen (secondary N) is 2. The third kappa shape index (κ3) is 4.38. The molecule has 8 heteroatoms. The van der Waals surface area contributed by atoms with Crippen molar-refractivity contribution in [3.8, 4) is 0 Å². The van der Waals surface area contributed by atoms with Gasteiger partial charge in [-0.25, -0.2) is 12.7 Å². The van der Waals surface area contributed by atoms with Gasteiger partial charge in [0.1, 0.15) is 0 Å². The van der Waals surface area contributed by atoms with Crippen molar-refractivity contribution in [2.75, 3.05) is 30.0 Å². The van der Waals surface area contributed by atoms with E-state index in [9.17, 15) is 18.0 Å². The second kappa shape index (κ2) is 7.13. The summed E-state index contributed by atoms with van der Waals surface area (Å²) >= 11 is 0. The van der Waals surface area contributed by atoms with Crippen molar-refractivity contribution in [1.29, 1.82) is 0 Å². The summed E-state index contributed by atoms with van der Waals surface area (Å²) in [5.74, 6) is -0.494. The number of fused-ring (bicyclic) bond motifs is 1. The maximum atomic E-state index is 12.5. The first-order valence-electron chi connectivity index (χ1n) is 8.52. The van der Waals surface area contributed by atoms with E-state index in [0.717, 1.165) is 24.1 Å². The van der Waals surface area contributed by atoms with Gasteiger partial charge in [0.05, 0.1) is 12.2 Å². The molecule has 1 aromatic carbocycles. The summed E-state index contributed by atoms with van der Waals surface area (Å²) in [6.45, 7) is 0.701. The first-order chi connectivity index (χ1) is 11.8. The van der Waals surface area contributed by atoms with E-state index in [4.69, 9.17) is 0 Å². The van der Waals surface area contributed by atoms with Crippen LogP contribution in [0.5, 0.6) is 0 Å². The maximum Gasteiger partial charge on any atom is 0.228 e. The topological polar surface area (TPSA) is 95.6 Å². The quantitative estimate of drug-likeness (QED) is 0.850. The molecule has 0 aromatic heterocycles. The largest absolute Gasteiger partial charge is 0.326 e. The van der Waals surface area contributed by atoms with Crippen LogP contribution in [0.15, 0.2) is 18.2 Å². The zero-order valence-electron chi connectivity index (χ0n) is 14.2. The third-order valence-electron chi connectivity index (χ3n) is 4.72. The molecule has 2 aliphatic heterocycles. The van der Waals surface area contributed by atoms with Crippen LogP contribution in [0.3, 0.4) is 0 Å². The van der Waals surface area contributed by atoms with Crippen molar-refractivity contribution in [3.05, 3.63) is 23.8 Å². The Morgan fingerprint density at radius 1 is 1.28 bits per heavy atom. The van der Waals surface area contributed by atoms with Crippen LogP contribution in [-0.2, 0) is 26.0 Å². The monoisotopic (exact) mass is 365 g/mol. The van der Waals surface area contributed by atoms with Gasteiger partial charge in [0.25, 0.3) is 0 Å². The highest BCUT2D eigenvalue weighted by molar-refractivity contribution is 7.88. The molecule has 3 rings (SSSR count). The Hall–Kier alpha value is -1.93. The second-order valence-corrected chi connectivity index (χ2v) is 8.71. The minimum atomic E-state index is -3.27. The molecule has 2 N–H and O–H groups in total. The van der Waals surface area contributed by atoms with E-state index in [2.05, 4.69) is 10.6 Å². The average molecular weight is 365 g/mol. The highest BCUT2D eigenvalue weighted by Gasteiger charge is 2.30. The first kappa shape index (κ1) is 17.9. The Kier molecular flexibility index (Phi) is 5.10. The van der Waals surface area contributed by atoms with Crippen LogP contribution < -0.4 is 10.6 Å². The number of amides is 2. The average Bonchev–Trinajstić information content (AvgIpc) is 2.74. The number of sulfonamides is 1. The summed E-state index contributed by atoms with van der Waals surface area (Å²) in [7, 11) is -3.27. The molecule has 0 aliphatic carbocycles. The number of carbonyl (C=O) groups is 2. The van der Waals surface area contributed by atoms with Crippen molar-refractivity contribution in [2.45, 2.75) is 32.1 Å². The number of carbonyl (C=O) groups excluding carboxylic acids is 2. The second-order valence-electron chi connectivity index (χ2n) is 6.72. The minimum absolute atomic E-state index is 0.0126. The lowest BCUT2D eigenvalue weighted by atomic mass is 9.98. The minimum Gasteiger partial charge on any atom is -0.326 e. The van der Waals surface area contributed by atoms with Crippen LogP contribution in [0.4, 0.5) is 11.4 Å². The lowest BCUT2D eigenvalue weighted by molar-refractivity contribution is -0.121. The van der Waals surface area contributed by atoms with Crippen LogP contribution in [-0.4, -0.2) is 43.9 Å². The first-order valence-corrected chi connectivity index (χ1v) is 10.4. The van der Waals surface area contributed by atoms with Gasteiger partial charge in [0.2, 0.25) is 21.8 Å². The molecule has 1 saturated heterocycles. The maximum absolute atomic E-state index is 12.5. The molecule has 0 radical (unpaired) electrons. The molecule has 0 spiro atoms. The summed E-state index contributed by atoms with van der Waals surface area (Å²) in [5, 5.41) is 5.76. The van der Waals surface area contributed by atoms with Crippen molar-refractivity contribution in [3.63, 3.8) is 0 Å².